The number of hydrogen-bond donors (Lipinski definition) is 0. The van der Waals surface area contributed by atoms with Crippen LogP contribution in [0.5, 0.6) is 0 Å². The van der Waals surface area contributed by atoms with Crippen molar-refractivity contribution in [3.8, 4) is 0 Å². The molecule has 0 spiro atoms. The Balaban J connectivity index is 1.64. The zero-order chi connectivity index (χ0) is 19.7. The quantitative estimate of drug-likeness (QED) is 0.480. The van der Waals surface area contributed by atoms with Crippen LogP contribution in [0.3, 0.4) is 0 Å². The fraction of sp³-hybridized carbons (Fsp3) is 0.261. The summed E-state index contributed by atoms with van der Waals surface area (Å²) in [6, 6.07) is 7.41. The van der Waals surface area contributed by atoms with Crippen molar-refractivity contribution in [1.82, 2.24) is 19.4 Å². The molecule has 0 amide bonds. The zero-order valence-electron chi connectivity index (χ0n) is 16.4. The Morgan fingerprint density at radius 2 is 1.96 bits per heavy atom. The predicted molar refractivity (Wildman–Crippen MR) is 111 cm³/mol. The van der Waals surface area contributed by atoms with E-state index in [1.54, 1.807) is 0 Å². The molecule has 0 aliphatic carbocycles. The molecule has 0 unspecified atom stereocenters. The number of fused-ring (bicyclic) bond motifs is 2. The van der Waals surface area contributed by atoms with Crippen molar-refractivity contribution in [1.29, 1.82) is 0 Å². The summed E-state index contributed by atoms with van der Waals surface area (Å²) in [4.78, 5) is 13.6. The highest BCUT2D eigenvalue weighted by Crippen LogP contribution is 2.22. The second kappa shape index (κ2) is 7.50. The molecule has 0 N–H and O–H groups in total. The third-order valence-corrected chi connectivity index (χ3v) is 5.09. The number of allylic oxidation sites excluding steroid dienone is 1. The minimum atomic E-state index is -0.342. The van der Waals surface area contributed by atoms with Crippen LogP contribution in [0, 0.1) is 19.7 Å². The second-order valence-corrected chi connectivity index (χ2v) is 7.06. The van der Waals surface area contributed by atoms with E-state index >= 15 is 0 Å². The van der Waals surface area contributed by atoms with Crippen LogP contribution in [0.4, 0.5) is 4.39 Å². The largest absolute Gasteiger partial charge is 0.304 e. The summed E-state index contributed by atoms with van der Waals surface area (Å²) in [5.41, 5.74) is 7.14. The smallest absolute Gasteiger partial charge is 0.159 e. The van der Waals surface area contributed by atoms with E-state index in [0.717, 1.165) is 47.4 Å². The van der Waals surface area contributed by atoms with E-state index in [9.17, 15) is 4.39 Å². The molecule has 4 aromatic heterocycles. The second-order valence-electron chi connectivity index (χ2n) is 7.06. The van der Waals surface area contributed by atoms with Gasteiger partial charge in [0.1, 0.15) is 11.5 Å². The van der Waals surface area contributed by atoms with Gasteiger partial charge in [0, 0.05) is 28.5 Å². The van der Waals surface area contributed by atoms with Crippen LogP contribution in [-0.2, 0) is 12.8 Å². The van der Waals surface area contributed by atoms with Gasteiger partial charge in [-0.05, 0) is 62.9 Å². The summed E-state index contributed by atoms with van der Waals surface area (Å²) in [5.74, 6) is -0.342. The SMILES string of the molecule is CC/C=C\c1c(C)ccn2c(C)c(CCc3ccc4cc(F)cnc4n3)nc12. The van der Waals surface area contributed by atoms with Crippen LogP contribution in [0.15, 0.2) is 42.7 Å². The molecule has 0 saturated heterocycles. The molecule has 0 saturated carbocycles. The van der Waals surface area contributed by atoms with Crippen LogP contribution in [0.25, 0.3) is 22.8 Å². The molecule has 0 bridgehead atoms. The van der Waals surface area contributed by atoms with Crippen LogP contribution < -0.4 is 0 Å². The fourth-order valence-electron chi connectivity index (χ4n) is 3.47. The third-order valence-electron chi connectivity index (χ3n) is 5.09. The van der Waals surface area contributed by atoms with Crippen molar-refractivity contribution >= 4 is 22.8 Å². The Hall–Kier alpha value is -3.08. The van der Waals surface area contributed by atoms with Crippen molar-refractivity contribution in [3.05, 3.63) is 76.8 Å². The summed E-state index contributed by atoms with van der Waals surface area (Å²) in [6.07, 6.45) is 10.2. The lowest BCUT2D eigenvalue weighted by Gasteiger charge is -2.04. The minimum absolute atomic E-state index is 0.342. The molecule has 0 aliphatic heterocycles. The summed E-state index contributed by atoms with van der Waals surface area (Å²) < 4.78 is 15.4. The number of hydrogen-bond acceptors (Lipinski definition) is 3. The first kappa shape index (κ1) is 18.3. The van der Waals surface area contributed by atoms with Gasteiger partial charge in [0.15, 0.2) is 5.65 Å². The Bertz CT molecular complexity index is 1190. The Kier molecular flexibility index (Phi) is 4.90. The van der Waals surface area contributed by atoms with Gasteiger partial charge >= 0.3 is 0 Å². The van der Waals surface area contributed by atoms with E-state index in [1.807, 2.05) is 12.1 Å². The summed E-state index contributed by atoms with van der Waals surface area (Å²) >= 11 is 0. The Morgan fingerprint density at radius 3 is 2.79 bits per heavy atom. The van der Waals surface area contributed by atoms with Crippen LogP contribution in [0.2, 0.25) is 0 Å². The molecular formula is C23H23FN4. The molecule has 4 nitrogen and oxygen atoms in total. The highest BCUT2D eigenvalue weighted by molar-refractivity contribution is 5.74. The lowest BCUT2D eigenvalue weighted by molar-refractivity contribution is 0.624. The van der Waals surface area contributed by atoms with Crippen molar-refractivity contribution in [2.75, 3.05) is 0 Å². The third kappa shape index (κ3) is 3.40. The first-order chi connectivity index (χ1) is 13.6. The highest BCUT2D eigenvalue weighted by Gasteiger charge is 2.12. The maximum Gasteiger partial charge on any atom is 0.159 e. The van der Waals surface area contributed by atoms with Crippen molar-refractivity contribution in [2.45, 2.75) is 40.0 Å². The molecule has 0 aliphatic rings. The van der Waals surface area contributed by atoms with Crippen LogP contribution in [0.1, 0.15) is 41.6 Å². The highest BCUT2D eigenvalue weighted by atomic mass is 19.1. The minimum Gasteiger partial charge on any atom is -0.304 e. The summed E-state index contributed by atoms with van der Waals surface area (Å²) in [7, 11) is 0. The molecule has 4 heterocycles. The maximum absolute atomic E-state index is 13.3. The normalized spacial score (nSPS) is 11.9. The molecule has 4 aromatic rings. The van der Waals surface area contributed by atoms with Crippen LogP contribution in [-0.4, -0.2) is 19.4 Å². The molecule has 28 heavy (non-hydrogen) atoms. The van der Waals surface area contributed by atoms with Crippen molar-refractivity contribution < 1.29 is 4.39 Å². The van der Waals surface area contributed by atoms with Gasteiger partial charge in [-0.3, -0.25) is 0 Å². The topological polar surface area (TPSA) is 43.1 Å². The van der Waals surface area contributed by atoms with Crippen molar-refractivity contribution in [3.63, 3.8) is 0 Å². The number of rotatable bonds is 5. The molecular weight excluding hydrogens is 351 g/mol. The molecule has 0 fully saturated rings. The van der Waals surface area contributed by atoms with Gasteiger partial charge in [0.2, 0.25) is 0 Å². The Labute approximate surface area is 163 Å². The van der Waals surface area contributed by atoms with Crippen LogP contribution >= 0.6 is 0 Å². The number of aromatic nitrogens is 4. The first-order valence-electron chi connectivity index (χ1n) is 9.61. The van der Waals surface area contributed by atoms with E-state index in [0.29, 0.717) is 5.65 Å². The number of nitrogens with zero attached hydrogens (tertiary/aromatic N) is 4. The standard InChI is InChI=1S/C23H23FN4/c1-4-5-6-20-15(2)11-12-28-16(3)21(27-23(20)28)10-9-19-8-7-17-13-18(24)14-25-22(17)26-19/h5-8,11-14H,4,9-10H2,1-3H3/b6-5-. The molecule has 142 valence electrons. The summed E-state index contributed by atoms with van der Waals surface area (Å²) in [6.45, 7) is 6.36. The lowest BCUT2D eigenvalue weighted by Crippen LogP contribution is -1.98. The molecule has 0 radical (unpaired) electrons. The van der Waals surface area contributed by atoms with E-state index in [-0.39, 0.29) is 5.82 Å². The predicted octanol–water partition coefficient (Wildman–Crippen LogP) is 5.24. The average molecular weight is 374 g/mol. The molecule has 0 aromatic carbocycles. The van der Waals surface area contributed by atoms with E-state index < -0.39 is 0 Å². The fourth-order valence-corrected chi connectivity index (χ4v) is 3.47. The van der Waals surface area contributed by atoms with Gasteiger partial charge < -0.3 is 4.40 Å². The number of halogens is 1. The number of aryl methyl sites for hydroxylation is 4. The van der Waals surface area contributed by atoms with Crippen molar-refractivity contribution in [2.24, 2.45) is 0 Å². The number of imidazole rings is 1. The molecule has 0 atom stereocenters. The maximum atomic E-state index is 13.3. The van der Waals surface area contributed by atoms with Gasteiger partial charge in [0.05, 0.1) is 11.9 Å². The number of pyridine rings is 3. The van der Waals surface area contributed by atoms with E-state index in [2.05, 4.69) is 59.6 Å². The Morgan fingerprint density at radius 1 is 1.11 bits per heavy atom. The van der Waals surface area contributed by atoms with Gasteiger partial charge in [0.25, 0.3) is 0 Å². The monoisotopic (exact) mass is 374 g/mol. The van der Waals surface area contributed by atoms with Gasteiger partial charge in [-0.15, -0.1) is 0 Å². The first-order valence-corrected chi connectivity index (χ1v) is 9.61. The van der Waals surface area contributed by atoms with E-state index in [1.165, 1.54) is 23.4 Å². The lowest BCUT2D eigenvalue weighted by atomic mass is 10.1. The van der Waals surface area contributed by atoms with E-state index in [4.69, 9.17) is 4.98 Å². The van der Waals surface area contributed by atoms with Gasteiger partial charge in [-0.2, -0.15) is 0 Å². The van der Waals surface area contributed by atoms with Gasteiger partial charge in [-0.1, -0.05) is 19.1 Å². The van der Waals surface area contributed by atoms with Gasteiger partial charge in [-0.25, -0.2) is 19.3 Å². The average Bonchev–Trinajstić information content (AvgIpc) is 3.01. The zero-order valence-corrected chi connectivity index (χ0v) is 16.4. The molecule has 4 rings (SSSR count). The summed E-state index contributed by atoms with van der Waals surface area (Å²) in [5, 5.41) is 0.718. The molecule has 5 heteroatoms.